The van der Waals surface area contributed by atoms with Crippen molar-refractivity contribution in [2.24, 2.45) is 11.3 Å². The standard InChI is InChI=1S/C14H23NO5S/c1-14(2)5-3-4-11(14)13(18)15-6-7-21(19,20)9-10(15)8-12(16)17/h10-11H,3-9H2,1-2H3,(H,16,17). The van der Waals surface area contributed by atoms with Crippen LogP contribution in [0.1, 0.15) is 39.5 Å². The van der Waals surface area contributed by atoms with E-state index in [2.05, 4.69) is 13.8 Å². The molecule has 2 aliphatic rings. The minimum atomic E-state index is -3.25. The molecular weight excluding hydrogens is 294 g/mol. The Morgan fingerprint density at radius 2 is 2.00 bits per heavy atom. The van der Waals surface area contributed by atoms with Crippen LogP contribution in [0, 0.1) is 11.3 Å². The van der Waals surface area contributed by atoms with Gasteiger partial charge in [0.15, 0.2) is 9.84 Å². The van der Waals surface area contributed by atoms with Gasteiger partial charge < -0.3 is 10.0 Å². The van der Waals surface area contributed by atoms with Crippen LogP contribution in [-0.2, 0) is 19.4 Å². The van der Waals surface area contributed by atoms with Gasteiger partial charge in [0.1, 0.15) is 0 Å². The lowest BCUT2D eigenvalue weighted by molar-refractivity contribution is -0.143. The molecule has 7 heteroatoms. The minimum Gasteiger partial charge on any atom is -0.481 e. The molecule has 1 heterocycles. The summed E-state index contributed by atoms with van der Waals surface area (Å²) in [7, 11) is -3.25. The quantitative estimate of drug-likeness (QED) is 0.835. The lowest BCUT2D eigenvalue weighted by atomic mass is 9.81. The minimum absolute atomic E-state index is 0.0675. The largest absolute Gasteiger partial charge is 0.481 e. The molecule has 2 unspecified atom stereocenters. The second-order valence-corrected chi connectivity index (χ2v) is 9.06. The van der Waals surface area contributed by atoms with Crippen molar-refractivity contribution in [1.82, 2.24) is 4.90 Å². The van der Waals surface area contributed by atoms with Crippen molar-refractivity contribution in [3.63, 3.8) is 0 Å². The number of aliphatic carboxylic acids is 1. The Morgan fingerprint density at radius 1 is 1.33 bits per heavy atom. The molecule has 120 valence electrons. The molecule has 1 saturated heterocycles. The molecular formula is C14H23NO5S. The van der Waals surface area contributed by atoms with E-state index in [1.165, 1.54) is 4.90 Å². The number of carboxylic acid groups (broad SMARTS) is 1. The third-order valence-corrected chi connectivity index (χ3v) is 6.48. The van der Waals surface area contributed by atoms with Crippen molar-refractivity contribution in [3.8, 4) is 0 Å². The Hall–Kier alpha value is -1.11. The normalized spacial score (nSPS) is 31.0. The third kappa shape index (κ3) is 3.56. The molecule has 1 amide bonds. The third-order valence-electron chi connectivity index (χ3n) is 4.78. The molecule has 21 heavy (non-hydrogen) atoms. The van der Waals surface area contributed by atoms with Gasteiger partial charge >= 0.3 is 5.97 Å². The number of carbonyl (C=O) groups is 2. The summed E-state index contributed by atoms with van der Waals surface area (Å²) < 4.78 is 23.5. The molecule has 1 saturated carbocycles. The fourth-order valence-corrected chi connectivity index (χ4v) is 5.06. The van der Waals surface area contributed by atoms with Crippen LogP contribution in [0.5, 0.6) is 0 Å². The Morgan fingerprint density at radius 3 is 2.52 bits per heavy atom. The summed E-state index contributed by atoms with van der Waals surface area (Å²) in [5.41, 5.74) is -0.0961. The molecule has 0 aromatic heterocycles. The van der Waals surface area contributed by atoms with Crippen LogP contribution in [0.4, 0.5) is 0 Å². The second kappa shape index (κ2) is 5.59. The predicted molar refractivity (Wildman–Crippen MR) is 77.5 cm³/mol. The van der Waals surface area contributed by atoms with Crippen LogP contribution < -0.4 is 0 Å². The number of rotatable bonds is 3. The maximum atomic E-state index is 12.8. The van der Waals surface area contributed by atoms with Gasteiger partial charge in [-0.25, -0.2) is 8.42 Å². The summed E-state index contributed by atoms with van der Waals surface area (Å²) in [4.78, 5) is 25.2. The molecule has 0 aromatic carbocycles. The molecule has 2 atom stereocenters. The molecule has 0 bridgehead atoms. The summed E-state index contributed by atoms with van der Waals surface area (Å²) in [6.07, 6.45) is 2.45. The average molecular weight is 317 g/mol. The van der Waals surface area contributed by atoms with Gasteiger partial charge in [-0.15, -0.1) is 0 Å². The highest BCUT2D eigenvalue weighted by Gasteiger charge is 2.44. The van der Waals surface area contributed by atoms with Gasteiger partial charge in [-0.3, -0.25) is 9.59 Å². The van der Waals surface area contributed by atoms with Gasteiger partial charge in [-0.2, -0.15) is 0 Å². The Balaban J connectivity index is 2.19. The molecule has 0 radical (unpaired) electrons. The van der Waals surface area contributed by atoms with E-state index in [1.807, 2.05) is 0 Å². The second-order valence-electron chi connectivity index (χ2n) is 6.83. The maximum absolute atomic E-state index is 12.8. The van der Waals surface area contributed by atoms with E-state index in [9.17, 15) is 18.0 Å². The molecule has 2 fully saturated rings. The van der Waals surface area contributed by atoms with Gasteiger partial charge in [-0.1, -0.05) is 20.3 Å². The van der Waals surface area contributed by atoms with E-state index in [0.717, 1.165) is 19.3 Å². The Bertz CT molecular complexity index is 540. The molecule has 0 aromatic rings. The fraction of sp³-hybridized carbons (Fsp3) is 0.857. The first-order valence-electron chi connectivity index (χ1n) is 7.35. The molecule has 6 nitrogen and oxygen atoms in total. The SMILES string of the molecule is CC1(C)CCCC1C(=O)N1CCS(=O)(=O)CC1CC(=O)O. The predicted octanol–water partition coefficient (Wildman–Crippen LogP) is 0.913. The van der Waals surface area contributed by atoms with E-state index in [0.29, 0.717) is 0 Å². The number of sulfone groups is 1. The highest BCUT2D eigenvalue weighted by molar-refractivity contribution is 7.91. The first-order chi connectivity index (χ1) is 9.62. The van der Waals surface area contributed by atoms with Crippen molar-refractivity contribution >= 4 is 21.7 Å². The molecule has 1 aliphatic carbocycles. The lowest BCUT2D eigenvalue weighted by Crippen LogP contribution is -2.54. The summed E-state index contributed by atoms with van der Waals surface area (Å²) in [5.74, 6) is -1.57. The first-order valence-corrected chi connectivity index (χ1v) is 9.17. The van der Waals surface area contributed by atoms with E-state index in [-0.39, 0.29) is 41.7 Å². The molecule has 2 rings (SSSR count). The Kier molecular flexibility index (Phi) is 4.33. The lowest BCUT2D eigenvalue weighted by Gasteiger charge is -2.39. The van der Waals surface area contributed by atoms with Crippen molar-refractivity contribution < 1.29 is 23.1 Å². The fourth-order valence-electron chi connectivity index (χ4n) is 3.53. The number of carbonyl (C=O) groups excluding carboxylic acids is 1. The van der Waals surface area contributed by atoms with E-state index < -0.39 is 21.8 Å². The van der Waals surface area contributed by atoms with Gasteiger partial charge in [-0.05, 0) is 18.3 Å². The van der Waals surface area contributed by atoms with Crippen LogP contribution in [0.15, 0.2) is 0 Å². The number of nitrogens with zero attached hydrogens (tertiary/aromatic N) is 1. The zero-order valence-corrected chi connectivity index (χ0v) is 13.4. The van der Waals surface area contributed by atoms with Crippen LogP contribution >= 0.6 is 0 Å². The van der Waals surface area contributed by atoms with Gasteiger partial charge in [0.05, 0.1) is 24.0 Å². The highest BCUT2D eigenvalue weighted by Crippen LogP contribution is 2.44. The summed E-state index contributed by atoms with van der Waals surface area (Å²) in [6, 6.07) is -0.731. The number of carboxylic acids is 1. The van der Waals surface area contributed by atoms with E-state index in [4.69, 9.17) is 5.11 Å². The zero-order chi connectivity index (χ0) is 15.8. The molecule has 1 aliphatic heterocycles. The summed E-state index contributed by atoms with van der Waals surface area (Å²) in [6.45, 7) is 4.22. The van der Waals surface area contributed by atoms with Crippen LogP contribution in [-0.4, -0.2) is 54.4 Å². The van der Waals surface area contributed by atoms with Crippen LogP contribution in [0.2, 0.25) is 0 Å². The van der Waals surface area contributed by atoms with Gasteiger partial charge in [0.2, 0.25) is 5.91 Å². The number of hydrogen-bond donors (Lipinski definition) is 1. The van der Waals surface area contributed by atoms with E-state index in [1.54, 1.807) is 0 Å². The van der Waals surface area contributed by atoms with Crippen LogP contribution in [0.3, 0.4) is 0 Å². The van der Waals surface area contributed by atoms with Crippen molar-refractivity contribution in [2.75, 3.05) is 18.1 Å². The summed E-state index contributed by atoms with van der Waals surface area (Å²) in [5, 5.41) is 8.97. The zero-order valence-electron chi connectivity index (χ0n) is 12.5. The van der Waals surface area contributed by atoms with Crippen LogP contribution in [0.25, 0.3) is 0 Å². The monoisotopic (exact) mass is 317 g/mol. The number of hydrogen-bond acceptors (Lipinski definition) is 4. The Labute approximate surface area is 125 Å². The first kappa shape index (κ1) is 16.3. The highest BCUT2D eigenvalue weighted by atomic mass is 32.2. The summed E-state index contributed by atoms with van der Waals surface area (Å²) >= 11 is 0. The van der Waals surface area contributed by atoms with Crippen molar-refractivity contribution in [1.29, 1.82) is 0 Å². The molecule has 0 spiro atoms. The van der Waals surface area contributed by atoms with Crippen molar-refractivity contribution in [2.45, 2.75) is 45.6 Å². The smallest absolute Gasteiger partial charge is 0.305 e. The van der Waals surface area contributed by atoms with E-state index >= 15 is 0 Å². The van der Waals surface area contributed by atoms with Crippen molar-refractivity contribution in [3.05, 3.63) is 0 Å². The van der Waals surface area contributed by atoms with Gasteiger partial charge in [0, 0.05) is 12.5 Å². The molecule has 1 N–H and O–H groups in total. The average Bonchev–Trinajstić information content (AvgIpc) is 2.66. The number of amides is 1. The topological polar surface area (TPSA) is 91.8 Å². The van der Waals surface area contributed by atoms with Gasteiger partial charge in [0.25, 0.3) is 0 Å². The maximum Gasteiger partial charge on any atom is 0.305 e.